The number of pyridine rings is 1. The number of nitrogens with one attached hydrogen (secondary N) is 1. The van der Waals surface area contributed by atoms with Crippen molar-refractivity contribution in [1.29, 1.82) is 0 Å². The van der Waals surface area contributed by atoms with Crippen molar-refractivity contribution in [2.24, 2.45) is 0 Å². The maximum Gasteiger partial charge on any atom is 0.217 e. The number of hydrogen-bond acceptors (Lipinski definition) is 4. The van der Waals surface area contributed by atoms with E-state index in [0.29, 0.717) is 17.3 Å². The second kappa shape index (κ2) is 9.17. The second-order valence-electron chi connectivity index (χ2n) is 6.90. The lowest BCUT2D eigenvalue weighted by Gasteiger charge is -2.13. The minimum atomic E-state index is -0.632. The van der Waals surface area contributed by atoms with E-state index in [1.165, 1.54) is 30.8 Å². The third kappa shape index (κ3) is 5.41. The molecule has 0 bridgehead atoms. The lowest BCUT2D eigenvalue weighted by Crippen LogP contribution is -2.22. The highest BCUT2D eigenvalue weighted by Gasteiger charge is 2.21. The zero-order chi connectivity index (χ0) is 21.0. The van der Waals surface area contributed by atoms with Gasteiger partial charge in [-0.25, -0.2) is 13.8 Å². The third-order valence-corrected chi connectivity index (χ3v) is 5.26. The van der Waals surface area contributed by atoms with Crippen molar-refractivity contribution < 1.29 is 13.6 Å². The Morgan fingerprint density at radius 3 is 2.52 bits per heavy atom. The van der Waals surface area contributed by atoms with Gasteiger partial charge in [-0.15, -0.1) is 0 Å². The van der Waals surface area contributed by atoms with Crippen LogP contribution >= 0.6 is 11.8 Å². The molecule has 0 radical (unpaired) electrons. The normalized spacial score (nSPS) is 11.1. The predicted octanol–water partition coefficient (Wildman–Crippen LogP) is 4.52. The molecule has 29 heavy (non-hydrogen) atoms. The average Bonchev–Trinajstić information content (AvgIpc) is 2.97. The zero-order valence-electron chi connectivity index (χ0n) is 16.4. The molecule has 1 amide bonds. The molecule has 2 heterocycles. The van der Waals surface area contributed by atoms with Gasteiger partial charge in [0.1, 0.15) is 22.5 Å². The summed E-state index contributed by atoms with van der Waals surface area (Å²) in [5.74, 6) is -0.684. The van der Waals surface area contributed by atoms with Crippen molar-refractivity contribution in [1.82, 2.24) is 19.9 Å². The molecule has 0 saturated carbocycles. The van der Waals surface area contributed by atoms with Gasteiger partial charge in [-0.05, 0) is 30.2 Å². The molecule has 0 saturated heterocycles. The monoisotopic (exact) mass is 416 g/mol. The van der Waals surface area contributed by atoms with E-state index in [0.717, 1.165) is 22.5 Å². The highest BCUT2D eigenvalue weighted by Crippen LogP contribution is 2.36. The summed E-state index contributed by atoms with van der Waals surface area (Å²) in [5, 5.41) is 3.55. The summed E-state index contributed by atoms with van der Waals surface area (Å²) in [6.45, 7) is 6.13. The molecule has 1 N–H and O–H groups in total. The van der Waals surface area contributed by atoms with Gasteiger partial charge in [0.2, 0.25) is 5.91 Å². The molecular weight excluding hydrogens is 394 g/mol. The molecule has 0 aliphatic heterocycles. The van der Waals surface area contributed by atoms with E-state index in [1.807, 2.05) is 36.6 Å². The molecular formula is C21H22F2N4OS. The molecule has 3 aromatic rings. The highest BCUT2D eigenvalue weighted by atomic mass is 32.2. The predicted molar refractivity (Wildman–Crippen MR) is 108 cm³/mol. The van der Waals surface area contributed by atoms with Crippen molar-refractivity contribution in [2.75, 3.05) is 0 Å². The fourth-order valence-corrected chi connectivity index (χ4v) is 4.07. The van der Waals surface area contributed by atoms with Gasteiger partial charge in [0, 0.05) is 24.1 Å². The summed E-state index contributed by atoms with van der Waals surface area (Å²) < 4.78 is 29.4. The molecule has 8 heteroatoms. The number of benzene rings is 1. The summed E-state index contributed by atoms with van der Waals surface area (Å²) in [6, 6.07) is 9.06. The van der Waals surface area contributed by atoms with Crippen molar-refractivity contribution in [3.8, 4) is 0 Å². The van der Waals surface area contributed by atoms with Crippen LogP contribution in [0.4, 0.5) is 8.78 Å². The summed E-state index contributed by atoms with van der Waals surface area (Å²) >= 11 is 1.25. The van der Waals surface area contributed by atoms with Crippen LogP contribution in [0.2, 0.25) is 0 Å². The van der Waals surface area contributed by atoms with Gasteiger partial charge in [-0.3, -0.25) is 9.78 Å². The molecule has 152 valence electrons. The van der Waals surface area contributed by atoms with Crippen LogP contribution in [-0.4, -0.2) is 20.4 Å². The largest absolute Gasteiger partial charge is 0.349 e. The van der Waals surface area contributed by atoms with Crippen LogP contribution in [0.5, 0.6) is 0 Å². The SMILES string of the molecule is CC(=O)NCc1nc(C(C)C)c(Sc2cc(F)cc(F)c2)n1Cc1ccccn1. The first-order chi connectivity index (χ1) is 13.8. The Labute approximate surface area is 172 Å². The van der Waals surface area contributed by atoms with Crippen LogP contribution in [0, 0.1) is 11.6 Å². The zero-order valence-corrected chi connectivity index (χ0v) is 17.3. The number of amides is 1. The first kappa shape index (κ1) is 21.0. The van der Waals surface area contributed by atoms with Crippen molar-refractivity contribution in [2.45, 2.75) is 49.7 Å². The van der Waals surface area contributed by atoms with Crippen molar-refractivity contribution >= 4 is 17.7 Å². The van der Waals surface area contributed by atoms with Gasteiger partial charge >= 0.3 is 0 Å². The fourth-order valence-electron chi connectivity index (χ4n) is 2.84. The molecule has 5 nitrogen and oxygen atoms in total. The number of carbonyl (C=O) groups is 1. The molecule has 2 aromatic heterocycles. The number of nitrogens with zero attached hydrogens (tertiary/aromatic N) is 3. The minimum Gasteiger partial charge on any atom is -0.349 e. The fraction of sp³-hybridized carbons (Fsp3) is 0.286. The van der Waals surface area contributed by atoms with Crippen LogP contribution in [0.15, 0.2) is 52.5 Å². The van der Waals surface area contributed by atoms with Gasteiger partial charge in [0.25, 0.3) is 0 Å². The van der Waals surface area contributed by atoms with E-state index >= 15 is 0 Å². The number of carbonyl (C=O) groups excluding carboxylic acids is 1. The Morgan fingerprint density at radius 1 is 1.21 bits per heavy atom. The molecule has 0 spiro atoms. The Morgan fingerprint density at radius 2 is 1.93 bits per heavy atom. The smallest absolute Gasteiger partial charge is 0.217 e. The Kier molecular flexibility index (Phi) is 6.64. The van der Waals surface area contributed by atoms with E-state index < -0.39 is 11.6 Å². The Hall–Kier alpha value is -2.74. The molecule has 0 aliphatic rings. The van der Waals surface area contributed by atoms with Gasteiger partial charge in [-0.1, -0.05) is 31.7 Å². The first-order valence-corrected chi connectivity index (χ1v) is 10.0. The summed E-state index contributed by atoms with van der Waals surface area (Å²) in [5.41, 5.74) is 1.62. The molecule has 0 atom stereocenters. The van der Waals surface area contributed by atoms with Crippen molar-refractivity contribution in [3.05, 3.63) is 71.4 Å². The number of aromatic nitrogens is 3. The van der Waals surface area contributed by atoms with Gasteiger partial charge in [-0.2, -0.15) is 0 Å². The number of hydrogen-bond donors (Lipinski definition) is 1. The minimum absolute atomic E-state index is 0.0805. The number of rotatable bonds is 7. The van der Waals surface area contributed by atoms with Crippen LogP contribution in [0.3, 0.4) is 0 Å². The lowest BCUT2D eigenvalue weighted by atomic mass is 10.1. The van der Waals surface area contributed by atoms with Crippen molar-refractivity contribution in [3.63, 3.8) is 0 Å². The molecule has 0 unspecified atom stereocenters. The maximum absolute atomic E-state index is 13.7. The molecule has 0 aliphatic carbocycles. The van der Waals surface area contributed by atoms with E-state index in [-0.39, 0.29) is 18.4 Å². The second-order valence-corrected chi connectivity index (χ2v) is 7.96. The standard InChI is InChI=1S/C21H22F2N4OS/c1-13(2)20-21(29-18-9-15(22)8-16(23)10-18)27(12-17-6-4-5-7-24-17)19(26-20)11-25-14(3)28/h4-10,13H,11-12H2,1-3H3,(H,25,28). The number of halogens is 2. The van der Waals surface area contributed by atoms with Crippen LogP contribution in [0.1, 0.15) is 43.9 Å². The topological polar surface area (TPSA) is 59.8 Å². The van der Waals surface area contributed by atoms with E-state index in [2.05, 4.69) is 10.3 Å². The highest BCUT2D eigenvalue weighted by molar-refractivity contribution is 7.99. The maximum atomic E-state index is 13.7. The average molecular weight is 416 g/mol. The van der Waals surface area contributed by atoms with Gasteiger partial charge < -0.3 is 9.88 Å². The van der Waals surface area contributed by atoms with E-state index in [9.17, 15) is 13.6 Å². The summed E-state index contributed by atoms with van der Waals surface area (Å²) in [7, 11) is 0. The summed E-state index contributed by atoms with van der Waals surface area (Å²) in [4.78, 5) is 21.0. The van der Waals surface area contributed by atoms with E-state index in [4.69, 9.17) is 4.98 Å². The van der Waals surface area contributed by atoms with Crippen LogP contribution in [0.25, 0.3) is 0 Å². The van der Waals surface area contributed by atoms with E-state index in [1.54, 1.807) is 6.20 Å². The lowest BCUT2D eigenvalue weighted by molar-refractivity contribution is -0.119. The Bertz CT molecular complexity index is 985. The molecule has 1 aromatic carbocycles. The Balaban J connectivity index is 2.08. The summed E-state index contributed by atoms with van der Waals surface area (Å²) in [6.07, 6.45) is 1.71. The third-order valence-electron chi connectivity index (χ3n) is 4.16. The first-order valence-electron chi connectivity index (χ1n) is 9.21. The quantitative estimate of drug-likeness (QED) is 0.615. The molecule has 0 fully saturated rings. The van der Waals surface area contributed by atoms with Crippen LogP contribution in [-0.2, 0) is 17.9 Å². The van der Waals surface area contributed by atoms with Gasteiger partial charge in [0.15, 0.2) is 0 Å². The van der Waals surface area contributed by atoms with Gasteiger partial charge in [0.05, 0.1) is 24.5 Å². The van der Waals surface area contributed by atoms with Crippen LogP contribution < -0.4 is 5.32 Å². The molecule has 3 rings (SSSR count). The number of imidazole rings is 1.